The van der Waals surface area contributed by atoms with Crippen LogP contribution in [0, 0.1) is 11.8 Å². The van der Waals surface area contributed by atoms with Gasteiger partial charge in [0.05, 0.1) is 4.62 Å². The fourth-order valence-electron chi connectivity index (χ4n) is 4.86. The van der Waals surface area contributed by atoms with E-state index in [9.17, 15) is 0 Å². The minimum absolute atomic E-state index is 0.0179. The molecule has 0 amide bonds. The van der Waals surface area contributed by atoms with Crippen molar-refractivity contribution in [3.05, 3.63) is 29.8 Å². The lowest BCUT2D eigenvalue weighted by atomic mass is 9.76. The molecule has 2 aliphatic carbocycles. The Kier molecular flexibility index (Phi) is 6.55. The van der Waals surface area contributed by atoms with Gasteiger partial charge in [-0.05, 0) is 53.8 Å². The van der Waals surface area contributed by atoms with Crippen molar-refractivity contribution in [2.24, 2.45) is 11.8 Å². The summed E-state index contributed by atoms with van der Waals surface area (Å²) in [4.78, 5) is 0. The largest absolute Gasteiger partial charge is 0.114 e. The van der Waals surface area contributed by atoms with Gasteiger partial charge in [0, 0.05) is 0 Å². The van der Waals surface area contributed by atoms with Crippen LogP contribution in [0.1, 0.15) is 90.5 Å². The summed E-state index contributed by atoms with van der Waals surface area (Å²) < 4.78 is 0.0179. The maximum absolute atomic E-state index is 7.57. The van der Waals surface area contributed by atoms with Crippen LogP contribution in [-0.2, 0) is 5.41 Å². The molecule has 0 heterocycles. The lowest BCUT2D eigenvalue weighted by Gasteiger charge is -2.45. The molecule has 0 N–H and O–H groups in total. The van der Waals surface area contributed by atoms with E-state index in [1.807, 2.05) is 0 Å². The van der Waals surface area contributed by atoms with Gasteiger partial charge in [0.15, 0.2) is 0 Å². The lowest BCUT2D eigenvalue weighted by molar-refractivity contribution is 0.229. The third kappa shape index (κ3) is 4.81. The van der Waals surface area contributed by atoms with Gasteiger partial charge < -0.3 is 0 Å². The average molecular weight is 379 g/mol. The van der Waals surface area contributed by atoms with Crippen molar-refractivity contribution in [1.82, 2.24) is 0 Å². The normalized spacial score (nSPS) is 21.9. The smallest absolute Gasteiger partial charge is 0.0709 e. The molecule has 3 rings (SSSR count). The third-order valence-corrected chi connectivity index (χ3v) is 9.21. The first-order valence-electron chi connectivity index (χ1n) is 10.5. The first-order valence-corrected chi connectivity index (χ1v) is 11.8. The van der Waals surface area contributed by atoms with Crippen LogP contribution in [0.4, 0.5) is 0 Å². The van der Waals surface area contributed by atoms with Crippen molar-refractivity contribution < 1.29 is 0 Å². The predicted molar refractivity (Wildman–Crippen MR) is 115 cm³/mol. The second-order valence-electron chi connectivity index (χ2n) is 9.39. The second kappa shape index (κ2) is 8.31. The standard InChI is InChI=1S/C23H36ClP/c1-22(2,3)18-14-16-21(17-15-18)25-23(24,19-10-6-4-7-11-19)20-12-8-5-9-13-20/h14-17,19-20,25H,4-13H2,1-3H3. The Labute approximate surface area is 162 Å². The van der Waals surface area contributed by atoms with E-state index in [4.69, 9.17) is 11.6 Å². The van der Waals surface area contributed by atoms with E-state index in [2.05, 4.69) is 45.0 Å². The molecule has 2 aliphatic rings. The maximum atomic E-state index is 7.57. The second-order valence-corrected chi connectivity index (χ2v) is 12.0. The SMILES string of the molecule is CC(C)(C)c1ccc(PC(Cl)(C2CCCCC2)C2CCCCC2)cc1. The molecule has 0 bridgehead atoms. The lowest BCUT2D eigenvalue weighted by Crippen LogP contribution is -2.39. The quantitative estimate of drug-likeness (QED) is 0.378. The molecule has 0 aliphatic heterocycles. The molecule has 0 saturated heterocycles. The van der Waals surface area contributed by atoms with E-state index in [-0.39, 0.29) is 10.0 Å². The minimum Gasteiger partial charge on any atom is -0.114 e. The molecule has 0 nitrogen and oxygen atoms in total. The zero-order valence-electron chi connectivity index (χ0n) is 16.4. The highest BCUT2D eigenvalue weighted by molar-refractivity contribution is 7.51. The summed E-state index contributed by atoms with van der Waals surface area (Å²) in [6.07, 6.45) is 13.8. The molecule has 25 heavy (non-hydrogen) atoms. The summed E-state index contributed by atoms with van der Waals surface area (Å²) in [5, 5.41) is 1.47. The van der Waals surface area contributed by atoms with Gasteiger partial charge in [0.2, 0.25) is 0 Å². The van der Waals surface area contributed by atoms with E-state index in [0.717, 1.165) is 20.4 Å². The summed E-state index contributed by atoms with van der Waals surface area (Å²) in [5.74, 6) is 1.46. The summed E-state index contributed by atoms with van der Waals surface area (Å²) in [5.41, 5.74) is 1.66. The molecule has 1 aromatic carbocycles. The highest BCUT2D eigenvalue weighted by Gasteiger charge is 2.44. The van der Waals surface area contributed by atoms with Gasteiger partial charge in [-0.3, -0.25) is 0 Å². The fourth-order valence-corrected chi connectivity index (χ4v) is 7.38. The zero-order chi connectivity index (χ0) is 17.9. The van der Waals surface area contributed by atoms with E-state index >= 15 is 0 Å². The molecule has 1 unspecified atom stereocenters. The Morgan fingerprint density at radius 1 is 0.760 bits per heavy atom. The van der Waals surface area contributed by atoms with E-state index in [0.29, 0.717) is 0 Å². The molecule has 1 aromatic rings. The van der Waals surface area contributed by atoms with E-state index in [1.165, 1.54) is 75.1 Å². The Balaban J connectivity index is 1.81. The predicted octanol–water partition coefficient (Wildman–Crippen LogP) is 7.38. The number of benzene rings is 1. The first kappa shape index (κ1) is 19.7. The van der Waals surface area contributed by atoms with Gasteiger partial charge in [-0.2, -0.15) is 0 Å². The van der Waals surface area contributed by atoms with Crippen LogP contribution in [0.2, 0.25) is 0 Å². The summed E-state index contributed by atoms with van der Waals surface area (Å²) >= 11 is 7.57. The molecule has 0 aromatic heterocycles. The van der Waals surface area contributed by atoms with Gasteiger partial charge in [-0.15, -0.1) is 11.6 Å². The van der Waals surface area contributed by atoms with Gasteiger partial charge in [0.1, 0.15) is 0 Å². The minimum atomic E-state index is 0.0179. The molecule has 1 atom stereocenters. The average Bonchev–Trinajstić information content (AvgIpc) is 2.63. The Morgan fingerprint density at radius 2 is 1.20 bits per heavy atom. The number of hydrogen-bond donors (Lipinski definition) is 0. The van der Waals surface area contributed by atoms with Crippen LogP contribution in [-0.4, -0.2) is 4.62 Å². The van der Waals surface area contributed by atoms with Gasteiger partial charge in [-0.1, -0.05) is 92.1 Å². The molecular formula is C23H36ClP. The van der Waals surface area contributed by atoms with Crippen LogP contribution in [0.15, 0.2) is 24.3 Å². The highest BCUT2D eigenvalue weighted by Crippen LogP contribution is 2.56. The van der Waals surface area contributed by atoms with Crippen molar-refractivity contribution in [3.63, 3.8) is 0 Å². The van der Waals surface area contributed by atoms with E-state index in [1.54, 1.807) is 0 Å². The fraction of sp³-hybridized carbons (Fsp3) is 0.739. The molecule has 140 valence electrons. The van der Waals surface area contributed by atoms with Gasteiger partial charge in [-0.25, -0.2) is 0 Å². The van der Waals surface area contributed by atoms with Gasteiger partial charge >= 0.3 is 0 Å². The van der Waals surface area contributed by atoms with Crippen molar-refractivity contribution in [2.75, 3.05) is 0 Å². The molecule has 2 saturated carbocycles. The Morgan fingerprint density at radius 3 is 1.60 bits per heavy atom. The van der Waals surface area contributed by atoms with Crippen LogP contribution in [0.25, 0.3) is 0 Å². The van der Waals surface area contributed by atoms with E-state index < -0.39 is 0 Å². The van der Waals surface area contributed by atoms with Crippen molar-refractivity contribution in [2.45, 2.75) is 95.0 Å². The van der Waals surface area contributed by atoms with Crippen molar-refractivity contribution in [3.8, 4) is 0 Å². The first-order chi connectivity index (χ1) is 11.9. The zero-order valence-corrected chi connectivity index (χ0v) is 18.2. The molecule has 0 spiro atoms. The Bertz CT molecular complexity index is 512. The molecule has 2 fully saturated rings. The summed E-state index contributed by atoms with van der Waals surface area (Å²) in [7, 11) is 0.755. The number of rotatable bonds is 4. The van der Waals surface area contributed by atoms with Crippen LogP contribution < -0.4 is 5.30 Å². The van der Waals surface area contributed by atoms with Gasteiger partial charge in [0.25, 0.3) is 0 Å². The number of hydrogen-bond acceptors (Lipinski definition) is 0. The summed E-state index contributed by atoms with van der Waals surface area (Å²) in [6, 6.07) is 9.40. The van der Waals surface area contributed by atoms with Crippen LogP contribution >= 0.6 is 20.2 Å². The topological polar surface area (TPSA) is 0 Å². The highest BCUT2D eigenvalue weighted by atomic mass is 35.5. The number of alkyl halides is 1. The monoisotopic (exact) mass is 378 g/mol. The van der Waals surface area contributed by atoms with Crippen LogP contribution in [0.5, 0.6) is 0 Å². The third-order valence-electron chi connectivity index (χ3n) is 6.49. The Hall–Kier alpha value is -0.0600. The molecular weight excluding hydrogens is 343 g/mol. The molecule has 2 heteroatoms. The maximum Gasteiger partial charge on any atom is 0.0709 e. The van der Waals surface area contributed by atoms with Crippen molar-refractivity contribution >= 4 is 25.5 Å². The summed E-state index contributed by atoms with van der Waals surface area (Å²) in [6.45, 7) is 6.88. The molecule has 0 radical (unpaired) electrons. The van der Waals surface area contributed by atoms with Crippen molar-refractivity contribution in [1.29, 1.82) is 0 Å². The number of halogens is 1. The van der Waals surface area contributed by atoms with Crippen LogP contribution in [0.3, 0.4) is 0 Å².